The van der Waals surface area contributed by atoms with E-state index in [0.717, 1.165) is 0 Å². The van der Waals surface area contributed by atoms with Gasteiger partial charge < -0.3 is 10.2 Å². The van der Waals surface area contributed by atoms with Gasteiger partial charge in [0.05, 0.1) is 17.7 Å². The van der Waals surface area contributed by atoms with Gasteiger partial charge in [-0.3, -0.25) is 29.0 Å². The topological polar surface area (TPSA) is 90.0 Å². The molecule has 1 fully saturated rings. The van der Waals surface area contributed by atoms with Gasteiger partial charge >= 0.3 is 0 Å². The summed E-state index contributed by atoms with van der Waals surface area (Å²) in [5.74, 6) is -0.545. The molecule has 0 saturated carbocycles. The summed E-state index contributed by atoms with van der Waals surface area (Å²) in [5, 5.41) is 2.77. The van der Waals surface area contributed by atoms with Crippen molar-refractivity contribution >= 4 is 23.6 Å². The van der Waals surface area contributed by atoms with Crippen LogP contribution >= 0.6 is 0 Å². The van der Waals surface area contributed by atoms with Gasteiger partial charge in [0, 0.05) is 45.7 Å². The number of hydrogen-bond acceptors (Lipinski definition) is 5. The first kappa shape index (κ1) is 20.0. The predicted molar refractivity (Wildman–Crippen MR) is 103 cm³/mol. The van der Waals surface area contributed by atoms with Crippen LogP contribution in [-0.2, 0) is 9.59 Å². The van der Waals surface area contributed by atoms with Crippen LogP contribution in [0.25, 0.3) is 0 Å². The van der Waals surface area contributed by atoms with Crippen LogP contribution in [0, 0.1) is 0 Å². The third kappa shape index (κ3) is 4.39. The number of rotatable bonds is 7. The molecule has 150 valence electrons. The number of piperazine rings is 1. The summed E-state index contributed by atoms with van der Waals surface area (Å²) < 4.78 is 0. The molecule has 2 heterocycles. The van der Waals surface area contributed by atoms with E-state index in [0.29, 0.717) is 63.2 Å². The Labute approximate surface area is 164 Å². The fraction of sp³-hybridized carbons (Fsp3) is 0.500. The summed E-state index contributed by atoms with van der Waals surface area (Å²) in [6, 6.07) is 6.78. The van der Waals surface area contributed by atoms with Crippen molar-refractivity contribution in [2.45, 2.75) is 19.8 Å². The molecule has 1 aromatic carbocycles. The second kappa shape index (κ2) is 8.97. The molecule has 8 heteroatoms. The number of likely N-dealkylation sites (N-methyl/N-ethyl adjacent to an activating group) is 1. The Morgan fingerprint density at radius 1 is 1.00 bits per heavy atom. The number of fused-ring (bicyclic) bond motifs is 1. The number of benzene rings is 1. The zero-order chi connectivity index (χ0) is 20.1. The molecule has 1 aromatic rings. The summed E-state index contributed by atoms with van der Waals surface area (Å²) in [4.78, 5) is 53.8. The number of carbonyl (C=O) groups excluding carboxylic acids is 4. The van der Waals surface area contributed by atoms with Gasteiger partial charge in [-0.2, -0.15) is 0 Å². The molecule has 8 nitrogen and oxygen atoms in total. The van der Waals surface area contributed by atoms with E-state index < -0.39 is 0 Å². The van der Waals surface area contributed by atoms with Gasteiger partial charge in [-0.15, -0.1) is 0 Å². The van der Waals surface area contributed by atoms with Crippen molar-refractivity contribution in [3.8, 4) is 0 Å². The van der Waals surface area contributed by atoms with E-state index in [1.165, 1.54) is 4.90 Å². The molecule has 0 atom stereocenters. The molecule has 0 aliphatic carbocycles. The number of imide groups is 1. The number of nitrogens with zero attached hydrogens (tertiary/aromatic N) is 3. The molecule has 4 amide bonds. The molecule has 0 aromatic heterocycles. The lowest BCUT2D eigenvalue weighted by atomic mass is 10.1. The van der Waals surface area contributed by atoms with Gasteiger partial charge in [-0.25, -0.2) is 0 Å². The first-order valence-electron chi connectivity index (χ1n) is 9.73. The van der Waals surface area contributed by atoms with Gasteiger partial charge in [0.25, 0.3) is 11.8 Å². The van der Waals surface area contributed by atoms with Crippen LogP contribution in [-0.4, -0.2) is 84.1 Å². The van der Waals surface area contributed by atoms with E-state index in [9.17, 15) is 19.2 Å². The van der Waals surface area contributed by atoms with Gasteiger partial charge in [0.15, 0.2) is 0 Å². The Hall–Kier alpha value is -2.74. The zero-order valence-corrected chi connectivity index (χ0v) is 16.1. The van der Waals surface area contributed by atoms with Crippen LogP contribution in [0.1, 0.15) is 40.5 Å². The van der Waals surface area contributed by atoms with Crippen molar-refractivity contribution in [2.75, 3.05) is 45.8 Å². The van der Waals surface area contributed by atoms with Gasteiger partial charge in [-0.05, 0) is 25.5 Å². The van der Waals surface area contributed by atoms with E-state index in [-0.39, 0.29) is 30.2 Å². The van der Waals surface area contributed by atoms with Crippen LogP contribution in [0.15, 0.2) is 24.3 Å². The normalized spacial score (nSPS) is 17.0. The smallest absolute Gasteiger partial charge is 0.261 e. The molecule has 0 spiro atoms. The Kier molecular flexibility index (Phi) is 6.41. The van der Waals surface area contributed by atoms with Crippen molar-refractivity contribution < 1.29 is 19.2 Å². The van der Waals surface area contributed by atoms with Gasteiger partial charge in [-0.1, -0.05) is 12.1 Å². The minimum atomic E-state index is -0.285. The highest BCUT2D eigenvalue weighted by Gasteiger charge is 2.34. The van der Waals surface area contributed by atoms with Crippen molar-refractivity contribution in [3.63, 3.8) is 0 Å². The average molecular weight is 386 g/mol. The van der Waals surface area contributed by atoms with Crippen molar-refractivity contribution in [2.24, 2.45) is 0 Å². The molecule has 2 aliphatic heterocycles. The van der Waals surface area contributed by atoms with Crippen LogP contribution in [0.5, 0.6) is 0 Å². The molecule has 1 saturated heterocycles. The minimum absolute atomic E-state index is 0.00298. The van der Waals surface area contributed by atoms with Crippen molar-refractivity contribution in [3.05, 3.63) is 35.4 Å². The standard InChI is InChI=1S/C20H26N4O4/c1-2-21-17(25)14-22-10-12-23(13-11-22)18(26)8-5-9-24-19(27)15-6-3-4-7-16(15)20(24)28/h3-4,6-7H,2,5,8-14H2,1H3,(H,21,25). The molecular weight excluding hydrogens is 360 g/mol. The SMILES string of the molecule is CCNC(=O)CN1CCN(C(=O)CCCN2C(=O)c3ccccc3C2=O)CC1. The average Bonchev–Trinajstić information content (AvgIpc) is 2.94. The van der Waals surface area contributed by atoms with Crippen molar-refractivity contribution in [1.82, 2.24) is 20.0 Å². The Morgan fingerprint density at radius 3 is 2.18 bits per heavy atom. The molecular formula is C20H26N4O4. The fourth-order valence-corrected chi connectivity index (χ4v) is 3.60. The summed E-state index contributed by atoms with van der Waals surface area (Å²) in [6.45, 7) is 5.62. The van der Waals surface area contributed by atoms with E-state index in [2.05, 4.69) is 5.32 Å². The van der Waals surface area contributed by atoms with Crippen molar-refractivity contribution in [1.29, 1.82) is 0 Å². The summed E-state index contributed by atoms with van der Waals surface area (Å²) >= 11 is 0. The van der Waals surface area contributed by atoms with Crippen LogP contribution in [0.4, 0.5) is 0 Å². The Balaban J connectivity index is 1.41. The summed E-state index contributed by atoms with van der Waals surface area (Å²) in [7, 11) is 0. The van der Waals surface area contributed by atoms with Crippen LogP contribution in [0.3, 0.4) is 0 Å². The maximum Gasteiger partial charge on any atom is 0.261 e. The number of carbonyl (C=O) groups is 4. The molecule has 3 rings (SSSR count). The lowest BCUT2D eigenvalue weighted by Gasteiger charge is -2.34. The highest BCUT2D eigenvalue weighted by Crippen LogP contribution is 2.22. The molecule has 0 radical (unpaired) electrons. The fourth-order valence-electron chi connectivity index (χ4n) is 3.60. The lowest BCUT2D eigenvalue weighted by molar-refractivity contribution is -0.133. The minimum Gasteiger partial charge on any atom is -0.355 e. The van der Waals surface area contributed by atoms with Crippen LogP contribution in [0.2, 0.25) is 0 Å². The monoisotopic (exact) mass is 386 g/mol. The zero-order valence-electron chi connectivity index (χ0n) is 16.1. The maximum atomic E-state index is 12.4. The maximum absolute atomic E-state index is 12.4. The first-order chi connectivity index (χ1) is 13.5. The summed E-state index contributed by atoms with van der Waals surface area (Å²) in [5.41, 5.74) is 0.865. The van der Waals surface area contributed by atoms with Gasteiger partial charge in [0.2, 0.25) is 11.8 Å². The quantitative estimate of drug-likeness (QED) is 0.683. The molecule has 28 heavy (non-hydrogen) atoms. The van der Waals surface area contributed by atoms with E-state index in [1.54, 1.807) is 29.2 Å². The Morgan fingerprint density at radius 2 is 1.61 bits per heavy atom. The molecule has 0 unspecified atom stereocenters. The second-order valence-corrected chi connectivity index (χ2v) is 7.02. The third-order valence-corrected chi connectivity index (χ3v) is 5.12. The highest BCUT2D eigenvalue weighted by atomic mass is 16.2. The van der Waals surface area contributed by atoms with Gasteiger partial charge in [0.1, 0.15) is 0 Å². The lowest BCUT2D eigenvalue weighted by Crippen LogP contribution is -2.51. The van der Waals surface area contributed by atoms with E-state index in [4.69, 9.17) is 0 Å². The summed E-state index contributed by atoms with van der Waals surface area (Å²) in [6.07, 6.45) is 0.743. The number of nitrogens with one attached hydrogen (secondary N) is 1. The largest absolute Gasteiger partial charge is 0.355 e. The van der Waals surface area contributed by atoms with E-state index in [1.807, 2.05) is 11.8 Å². The second-order valence-electron chi connectivity index (χ2n) is 7.02. The van der Waals surface area contributed by atoms with Crippen LogP contribution < -0.4 is 5.32 Å². The highest BCUT2D eigenvalue weighted by molar-refractivity contribution is 6.21. The molecule has 0 bridgehead atoms. The third-order valence-electron chi connectivity index (χ3n) is 5.12. The number of amides is 4. The molecule has 1 N–H and O–H groups in total. The first-order valence-corrected chi connectivity index (χ1v) is 9.73. The Bertz CT molecular complexity index is 736. The van der Waals surface area contributed by atoms with E-state index >= 15 is 0 Å². The predicted octanol–water partition coefficient (Wildman–Crippen LogP) is 0.343. The number of hydrogen-bond donors (Lipinski definition) is 1. The molecule has 2 aliphatic rings.